The van der Waals surface area contributed by atoms with Crippen molar-refractivity contribution in [2.45, 2.75) is 6.92 Å². The molecule has 25 heavy (non-hydrogen) atoms. The number of hydrazone groups is 1. The van der Waals surface area contributed by atoms with Crippen molar-refractivity contribution in [2.24, 2.45) is 5.10 Å². The lowest BCUT2D eigenvalue weighted by Gasteiger charge is -2.11. The van der Waals surface area contributed by atoms with Gasteiger partial charge in [-0.05, 0) is 42.8 Å². The average molecular weight is 337 g/mol. The highest BCUT2D eigenvalue weighted by molar-refractivity contribution is 6.32. The van der Waals surface area contributed by atoms with Gasteiger partial charge in [0.1, 0.15) is 5.75 Å². The van der Waals surface area contributed by atoms with Gasteiger partial charge in [0, 0.05) is 12.1 Å². The summed E-state index contributed by atoms with van der Waals surface area (Å²) in [5.74, 6) is 0.458. The molecule has 0 bridgehead atoms. The summed E-state index contributed by atoms with van der Waals surface area (Å²) in [5.41, 5.74) is 2.35. The maximum atomic E-state index is 12.6. The maximum Gasteiger partial charge on any atom is 0.280 e. The molecule has 0 atom stereocenters. The maximum absolute atomic E-state index is 12.6. The molecule has 1 aliphatic heterocycles. The van der Waals surface area contributed by atoms with Gasteiger partial charge in [-0.2, -0.15) is 10.1 Å². The lowest BCUT2D eigenvalue weighted by Crippen LogP contribution is -2.21. The van der Waals surface area contributed by atoms with Crippen molar-refractivity contribution in [3.05, 3.63) is 69.8 Å². The van der Waals surface area contributed by atoms with E-state index in [1.807, 2.05) is 24.3 Å². The van der Waals surface area contributed by atoms with Crippen LogP contribution in [0.1, 0.15) is 12.5 Å². The molecular formula is C18H15N3O4. The molecule has 0 radical (unpaired) electrons. The molecule has 1 aliphatic rings. The number of ether oxygens (including phenoxy) is 1. The van der Waals surface area contributed by atoms with E-state index in [4.69, 9.17) is 4.74 Å². The van der Waals surface area contributed by atoms with Crippen LogP contribution in [0.3, 0.4) is 0 Å². The first-order chi connectivity index (χ1) is 12.0. The van der Waals surface area contributed by atoms with Gasteiger partial charge >= 0.3 is 0 Å². The van der Waals surface area contributed by atoms with Crippen molar-refractivity contribution in [3.63, 3.8) is 0 Å². The number of anilines is 1. The van der Waals surface area contributed by atoms with Crippen LogP contribution in [0.4, 0.5) is 11.4 Å². The van der Waals surface area contributed by atoms with Crippen molar-refractivity contribution in [1.82, 2.24) is 0 Å². The van der Waals surface area contributed by atoms with Gasteiger partial charge < -0.3 is 4.74 Å². The van der Waals surface area contributed by atoms with E-state index < -0.39 is 4.92 Å². The zero-order valence-corrected chi connectivity index (χ0v) is 13.7. The van der Waals surface area contributed by atoms with Crippen molar-refractivity contribution in [1.29, 1.82) is 0 Å². The second-order valence-corrected chi connectivity index (χ2v) is 5.41. The lowest BCUT2D eigenvalue weighted by molar-refractivity contribution is -0.384. The molecule has 0 N–H and O–H groups in total. The SMILES string of the molecule is COc1ccc(C=C2C(=O)N(c3ccc([N+](=O)[O-])cc3)N=C2C)cc1. The molecule has 0 aromatic heterocycles. The number of carbonyl (C=O) groups excluding carboxylic acids is 1. The van der Waals surface area contributed by atoms with Crippen molar-refractivity contribution >= 4 is 29.1 Å². The van der Waals surface area contributed by atoms with E-state index in [1.54, 1.807) is 20.1 Å². The summed E-state index contributed by atoms with van der Waals surface area (Å²) in [4.78, 5) is 22.9. The highest BCUT2D eigenvalue weighted by Gasteiger charge is 2.28. The molecule has 0 aliphatic carbocycles. The summed E-state index contributed by atoms with van der Waals surface area (Å²) in [6.07, 6.45) is 1.76. The Morgan fingerprint density at radius 2 is 1.76 bits per heavy atom. The monoisotopic (exact) mass is 337 g/mol. The number of amides is 1. The average Bonchev–Trinajstić information content (AvgIpc) is 2.90. The Morgan fingerprint density at radius 1 is 1.12 bits per heavy atom. The fourth-order valence-electron chi connectivity index (χ4n) is 2.44. The number of non-ortho nitro benzene ring substituents is 1. The van der Waals surface area contributed by atoms with Crippen LogP contribution in [0.15, 0.2) is 59.2 Å². The summed E-state index contributed by atoms with van der Waals surface area (Å²) in [5, 5.41) is 16.2. The fraction of sp³-hybridized carbons (Fsp3) is 0.111. The quantitative estimate of drug-likeness (QED) is 0.486. The molecule has 2 aromatic rings. The molecule has 126 valence electrons. The van der Waals surface area contributed by atoms with E-state index >= 15 is 0 Å². The number of carbonyl (C=O) groups is 1. The van der Waals surface area contributed by atoms with Crippen LogP contribution in [0.25, 0.3) is 6.08 Å². The molecule has 2 aromatic carbocycles. The molecule has 7 heteroatoms. The predicted octanol–water partition coefficient (Wildman–Crippen LogP) is 3.41. The number of hydrogen-bond donors (Lipinski definition) is 0. The van der Waals surface area contributed by atoms with Crippen molar-refractivity contribution in [2.75, 3.05) is 12.1 Å². The first-order valence-electron chi connectivity index (χ1n) is 7.50. The second-order valence-electron chi connectivity index (χ2n) is 5.41. The Bertz CT molecular complexity index is 884. The minimum absolute atomic E-state index is 0.0369. The summed E-state index contributed by atoms with van der Waals surface area (Å²) >= 11 is 0. The zero-order chi connectivity index (χ0) is 18.0. The molecule has 0 fully saturated rings. The van der Waals surface area contributed by atoms with Crippen LogP contribution in [-0.4, -0.2) is 23.7 Å². The van der Waals surface area contributed by atoms with Gasteiger partial charge in [-0.3, -0.25) is 14.9 Å². The van der Waals surface area contributed by atoms with E-state index in [-0.39, 0.29) is 11.6 Å². The number of nitro benzene ring substituents is 1. The van der Waals surface area contributed by atoms with E-state index in [2.05, 4.69) is 5.10 Å². The lowest BCUT2D eigenvalue weighted by atomic mass is 10.1. The Kier molecular flexibility index (Phi) is 4.30. The van der Waals surface area contributed by atoms with Gasteiger partial charge in [0.15, 0.2) is 0 Å². The minimum Gasteiger partial charge on any atom is -0.497 e. The van der Waals surface area contributed by atoms with E-state index in [0.29, 0.717) is 17.0 Å². The third kappa shape index (κ3) is 3.25. The summed E-state index contributed by atoms with van der Waals surface area (Å²) in [6.45, 7) is 1.75. The number of rotatable bonds is 4. The smallest absolute Gasteiger partial charge is 0.280 e. The summed E-state index contributed by atoms with van der Waals surface area (Å²) in [7, 11) is 1.59. The van der Waals surface area contributed by atoms with Gasteiger partial charge in [-0.1, -0.05) is 12.1 Å². The third-order valence-corrected chi connectivity index (χ3v) is 3.79. The normalized spacial score (nSPS) is 15.4. The Morgan fingerprint density at radius 3 is 2.32 bits per heavy atom. The Balaban J connectivity index is 1.87. The van der Waals surface area contributed by atoms with Gasteiger partial charge in [0.2, 0.25) is 0 Å². The number of nitro groups is 1. The summed E-state index contributed by atoms with van der Waals surface area (Å²) < 4.78 is 5.12. The largest absolute Gasteiger partial charge is 0.497 e. The van der Waals surface area contributed by atoms with E-state index in [9.17, 15) is 14.9 Å². The number of benzene rings is 2. The number of nitrogens with zero attached hydrogens (tertiary/aromatic N) is 3. The van der Waals surface area contributed by atoms with Crippen LogP contribution < -0.4 is 9.75 Å². The molecule has 0 spiro atoms. The van der Waals surface area contributed by atoms with E-state index in [0.717, 1.165) is 11.3 Å². The van der Waals surface area contributed by atoms with Gasteiger partial charge in [0.25, 0.3) is 11.6 Å². The number of methoxy groups -OCH3 is 1. The predicted molar refractivity (Wildman–Crippen MR) is 94.7 cm³/mol. The van der Waals surface area contributed by atoms with Crippen molar-refractivity contribution < 1.29 is 14.5 Å². The van der Waals surface area contributed by atoms with Gasteiger partial charge in [0.05, 0.1) is 29.0 Å². The second kappa shape index (κ2) is 6.56. The molecule has 0 saturated heterocycles. The summed E-state index contributed by atoms with van der Waals surface area (Å²) in [6, 6.07) is 13.0. The molecule has 3 rings (SSSR count). The highest BCUT2D eigenvalue weighted by atomic mass is 16.6. The Labute approximate surface area is 144 Å². The molecule has 7 nitrogen and oxygen atoms in total. The van der Waals surface area contributed by atoms with Crippen LogP contribution in [0, 0.1) is 10.1 Å². The Hall–Kier alpha value is -3.48. The standard InChI is InChI=1S/C18H15N3O4/c1-12-17(11-13-3-9-16(25-2)10-4-13)18(22)20(19-12)14-5-7-15(8-6-14)21(23)24/h3-11H,1-2H3. The fourth-order valence-corrected chi connectivity index (χ4v) is 2.44. The first-order valence-corrected chi connectivity index (χ1v) is 7.50. The topological polar surface area (TPSA) is 85.0 Å². The van der Waals surface area contributed by atoms with Gasteiger partial charge in [-0.25, -0.2) is 0 Å². The highest BCUT2D eigenvalue weighted by Crippen LogP contribution is 2.27. The molecule has 1 heterocycles. The number of hydrogen-bond acceptors (Lipinski definition) is 5. The minimum atomic E-state index is -0.487. The van der Waals surface area contributed by atoms with Crippen LogP contribution in [0.5, 0.6) is 5.75 Å². The molecular weight excluding hydrogens is 322 g/mol. The van der Waals surface area contributed by atoms with Crippen LogP contribution >= 0.6 is 0 Å². The van der Waals surface area contributed by atoms with Crippen LogP contribution in [0.2, 0.25) is 0 Å². The molecule has 0 unspecified atom stereocenters. The zero-order valence-electron chi connectivity index (χ0n) is 13.7. The molecule has 1 amide bonds. The molecule has 0 saturated carbocycles. The van der Waals surface area contributed by atoms with Crippen molar-refractivity contribution in [3.8, 4) is 5.75 Å². The first kappa shape index (κ1) is 16.4. The van der Waals surface area contributed by atoms with Crippen LogP contribution in [-0.2, 0) is 4.79 Å². The van der Waals surface area contributed by atoms with E-state index in [1.165, 1.54) is 29.3 Å². The third-order valence-electron chi connectivity index (χ3n) is 3.79. The van der Waals surface area contributed by atoms with Gasteiger partial charge in [-0.15, -0.1) is 0 Å².